The summed E-state index contributed by atoms with van der Waals surface area (Å²) in [5.41, 5.74) is 2.07. The van der Waals surface area contributed by atoms with Crippen LogP contribution in [0.4, 0.5) is 13.2 Å². The summed E-state index contributed by atoms with van der Waals surface area (Å²) >= 11 is 5.97. The summed E-state index contributed by atoms with van der Waals surface area (Å²) in [7, 11) is 0. The van der Waals surface area contributed by atoms with Crippen molar-refractivity contribution in [2.75, 3.05) is 0 Å². The summed E-state index contributed by atoms with van der Waals surface area (Å²) in [5, 5.41) is 0.641. The molecule has 3 aromatic rings. The summed E-state index contributed by atoms with van der Waals surface area (Å²) in [6, 6.07) is 7.78. The lowest BCUT2D eigenvalue weighted by Crippen LogP contribution is -2.05. The molecule has 3 rings (SSSR count). The maximum atomic E-state index is 12.7. The number of hydrogen-bond acceptors (Lipinski definition) is 1. The van der Waals surface area contributed by atoms with Gasteiger partial charge in [0.25, 0.3) is 0 Å². The van der Waals surface area contributed by atoms with Crippen LogP contribution >= 0.6 is 11.6 Å². The molecule has 0 aliphatic carbocycles. The van der Waals surface area contributed by atoms with Gasteiger partial charge in [0.1, 0.15) is 5.65 Å². The zero-order valence-corrected chi connectivity index (χ0v) is 11.7. The maximum Gasteiger partial charge on any atom is 0.417 e. The van der Waals surface area contributed by atoms with Crippen molar-refractivity contribution in [1.82, 2.24) is 9.38 Å². The Labute approximate surface area is 123 Å². The van der Waals surface area contributed by atoms with E-state index in [0.29, 0.717) is 16.4 Å². The van der Waals surface area contributed by atoms with Gasteiger partial charge in [-0.1, -0.05) is 17.7 Å². The second-order valence-electron chi connectivity index (χ2n) is 4.77. The first-order valence-corrected chi connectivity index (χ1v) is 6.55. The number of fused-ring (bicyclic) bond motifs is 1. The molecule has 0 spiro atoms. The third kappa shape index (κ3) is 2.61. The van der Waals surface area contributed by atoms with Crippen molar-refractivity contribution in [1.29, 1.82) is 0 Å². The smallest absolute Gasteiger partial charge is 0.306 e. The molecule has 0 fully saturated rings. The van der Waals surface area contributed by atoms with Crippen LogP contribution in [-0.2, 0) is 6.18 Å². The Kier molecular flexibility index (Phi) is 3.17. The Balaban J connectivity index is 2.10. The summed E-state index contributed by atoms with van der Waals surface area (Å²) in [6.07, 6.45) is -1.75. The molecule has 21 heavy (non-hydrogen) atoms. The van der Waals surface area contributed by atoms with Crippen molar-refractivity contribution in [3.63, 3.8) is 0 Å². The van der Waals surface area contributed by atoms with E-state index in [0.717, 1.165) is 23.4 Å². The maximum absolute atomic E-state index is 12.7. The van der Waals surface area contributed by atoms with E-state index in [-0.39, 0.29) is 0 Å². The molecule has 1 aromatic carbocycles. The molecule has 0 radical (unpaired) electrons. The number of benzene rings is 1. The van der Waals surface area contributed by atoms with E-state index < -0.39 is 11.7 Å². The van der Waals surface area contributed by atoms with Crippen LogP contribution in [0.2, 0.25) is 5.02 Å². The fourth-order valence-electron chi connectivity index (χ4n) is 2.10. The molecule has 2 aromatic heterocycles. The molecule has 0 bridgehead atoms. The van der Waals surface area contributed by atoms with Gasteiger partial charge in [0.05, 0.1) is 11.3 Å². The summed E-state index contributed by atoms with van der Waals surface area (Å²) < 4.78 is 39.5. The highest BCUT2D eigenvalue weighted by Gasteiger charge is 2.30. The van der Waals surface area contributed by atoms with Gasteiger partial charge in [-0.15, -0.1) is 0 Å². The molecule has 0 atom stereocenters. The number of aryl methyl sites for hydroxylation is 1. The summed E-state index contributed by atoms with van der Waals surface area (Å²) in [5.74, 6) is 0. The number of aromatic nitrogens is 2. The SMILES string of the molecule is Cc1cc(-c2cn3cc(C(F)(F)F)ccc3n2)ccc1Cl. The lowest BCUT2D eigenvalue weighted by atomic mass is 10.1. The van der Waals surface area contributed by atoms with Gasteiger partial charge in [0, 0.05) is 23.0 Å². The predicted octanol–water partition coefficient (Wildman–Crippen LogP) is 4.98. The van der Waals surface area contributed by atoms with Crippen molar-refractivity contribution < 1.29 is 13.2 Å². The first-order valence-electron chi connectivity index (χ1n) is 6.17. The van der Waals surface area contributed by atoms with Crippen LogP contribution in [0.25, 0.3) is 16.9 Å². The molecule has 0 aliphatic rings. The van der Waals surface area contributed by atoms with E-state index in [9.17, 15) is 13.2 Å². The monoisotopic (exact) mass is 310 g/mol. The van der Waals surface area contributed by atoms with Crippen molar-refractivity contribution in [2.45, 2.75) is 13.1 Å². The molecule has 0 N–H and O–H groups in total. The third-order valence-corrected chi connectivity index (χ3v) is 3.66. The molecule has 6 heteroatoms. The van der Waals surface area contributed by atoms with Gasteiger partial charge < -0.3 is 4.40 Å². The minimum absolute atomic E-state index is 0.464. The molecule has 0 aliphatic heterocycles. The van der Waals surface area contributed by atoms with Crippen LogP contribution in [0.3, 0.4) is 0 Å². The van der Waals surface area contributed by atoms with Crippen LogP contribution < -0.4 is 0 Å². The Bertz CT molecular complexity index is 821. The molecular formula is C15H10ClF3N2. The number of hydrogen-bond donors (Lipinski definition) is 0. The van der Waals surface area contributed by atoms with E-state index in [1.54, 1.807) is 18.3 Å². The van der Waals surface area contributed by atoms with Gasteiger partial charge in [0.15, 0.2) is 0 Å². The first-order chi connectivity index (χ1) is 9.84. The fourth-order valence-corrected chi connectivity index (χ4v) is 2.22. The highest BCUT2D eigenvalue weighted by molar-refractivity contribution is 6.31. The number of imidazole rings is 1. The van der Waals surface area contributed by atoms with Gasteiger partial charge in [-0.2, -0.15) is 13.2 Å². The quantitative estimate of drug-likeness (QED) is 0.619. The second-order valence-corrected chi connectivity index (χ2v) is 5.18. The van der Waals surface area contributed by atoms with Crippen molar-refractivity contribution in [2.24, 2.45) is 0 Å². The molecule has 0 saturated carbocycles. The van der Waals surface area contributed by atoms with Crippen molar-refractivity contribution in [3.8, 4) is 11.3 Å². The van der Waals surface area contributed by atoms with Crippen LogP contribution in [0, 0.1) is 6.92 Å². The number of rotatable bonds is 1. The molecule has 0 amide bonds. The zero-order chi connectivity index (χ0) is 15.2. The molecule has 2 heterocycles. The van der Waals surface area contributed by atoms with Crippen LogP contribution in [0.1, 0.15) is 11.1 Å². The topological polar surface area (TPSA) is 17.3 Å². The number of alkyl halides is 3. The van der Waals surface area contributed by atoms with E-state index in [4.69, 9.17) is 11.6 Å². The molecule has 0 saturated heterocycles. The largest absolute Gasteiger partial charge is 0.417 e. The number of halogens is 4. The van der Waals surface area contributed by atoms with Gasteiger partial charge in [-0.25, -0.2) is 4.98 Å². The van der Waals surface area contributed by atoms with Crippen molar-refractivity contribution >= 4 is 17.2 Å². The van der Waals surface area contributed by atoms with Crippen LogP contribution in [0.15, 0.2) is 42.7 Å². The zero-order valence-electron chi connectivity index (χ0n) is 10.9. The van der Waals surface area contributed by atoms with Crippen molar-refractivity contribution in [3.05, 3.63) is 58.9 Å². The van der Waals surface area contributed by atoms with E-state index in [1.165, 1.54) is 10.5 Å². The average Bonchev–Trinajstić information content (AvgIpc) is 2.83. The lowest BCUT2D eigenvalue weighted by molar-refractivity contribution is -0.137. The normalized spacial score (nSPS) is 12.0. The Hall–Kier alpha value is -2.01. The van der Waals surface area contributed by atoms with E-state index in [1.807, 2.05) is 13.0 Å². The Morgan fingerprint density at radius 1 is 1.10 bits per heavy atom. The van der Waals surface area contributed by atoms with E-state index >= 15 is 0 Å². The van der Waals surface area contributed by atoms with Gasteiger partial charge in [0.2, 0.25) is 0 Å². The van der Waals surface area contributed by atoms with Crippen LogP contribution in [-0.4, -0.2) is 9.38 Å². The van der Waals surface area contributed by atoms with Gasteiger partial charge in [-0.3, -0.25) is 0 Å². The Morgan fingerprint density at radius 3 is 2.52 bits per heavy atom. The van der Waals surface area contributed by atoms with Gasteiger partial charge in [-0.05, 0) is 36.8 Å². The first kappa shape index (κ1) is 13.9. The molecule has 2 nitrogen and oxygen atoms in total. The Morgan fingerprint density at radius 2 is 1.86 bits per heavy atom. The fraction of sp³-hybridized carbons (Fsp3) is 0.133. The predicted molar refractivity (Wildman–Crippen MR) is 75.4 cm³/mol. The standard InChI is InChI=1S/C15H10ClF3N2/c1-9-6-10(2-4-12(9)16)13-8-21-7-11(15(17,18)19)3-5-14(21)20-13/h2-8H,1H3. The van der Waals surface area contributed by atoms with Crippen LogP contribution in [0.5, 0.6) is 0 Å². The molecule has 0 unspecified atom stereocenters. The minimum Gasteiger partial charge on any atom is -0.306 e. The minimum atomic E-state index is -4.37. The third-order valence-electron chi connectivity index (χ3n) is 3.23. The molecule has 108 valence electrons. The van der Waals surface area contributed by atoms with Gasteiger partial charge >= 0.3 is 6.18 Å². The average molecular weight is 311 g/mol. The summed E-state index contributed by atoms with van der Waals surface area (Å²) in [6.45, 7) is 1.86. The van der Waals surface area contributed by atoms with E-state index in [2.05, 4.69) is 4.98 Å². The molecular weight excluding hydrogens is 301 g/mol. The second kappa shape index (κ2) is 4.77. The lowest BCUT2D eigenvalue weighted by Gasteiger charge is -2.05. The number of pyridine rings is 1. The summed E-state index contributed by atoms with van der Waals surface area (Å²) in [4.78, 5) is 4.33. The highest BCUT2D eigenvalue weighted by atomic mass is 35.5. The number of nitrogens with zero attached hydrogens (tertiary/aromatic N) is 2. The highest BCUT2D eigenvalue weighted by Crippen LogP contribution is 2.30.